The molecule has 0 aliphatic heterocycles. The van der Waals surface area contributed by atoms with E-state index in [4.69, 9.17) is 18.6 Å². The fraction of sp³-hybridized carbons (Fsp3) is 0.192. The second-order valence-electron chi connectivity index (χ2n) is 8.58. The van der Waals surface area contributed by atoms with Crippen molar-refractivity contribution in [1.29, 1.82) is 0 Å². The number of alkyl halides is 3. The van der Waals surface area contributed by atoms with E-state index in [1.165, 1.54) is 55.2 Å². The second-order valence-corrected chi connectivity index (χ2v) is 10.4. The lowest BCUT2D eigenvalue weighted by Gasteiger charge is -2.28. The van der Waals surface area contributed by atoms with Gasteiger partial charge >= 0.3 is 6.18 Å². The number of imidazole rings is 1. The van der Waals surface area contributed by atoms with Crippen LogP contribution in [0, 0.1) is 0 Å². The van der Waals surface area contributed by atoms with Gasteiger partial charge in [-0.3, -0.25) is 0 Å². The number of methoxy groups -OCH3 is 2. The molecule has 9 nitrogen and oxygen atoms in total. The Morgan fingerprint density at radius 3 is 2.55 bits per heavy atom. The molecule has 0 saturated carbocycles. The largest absolute Gasteiger partial charge is 0.496 e. The molecule has 14 heteroatoms. The van der Waals surface area contributed by atoms with Gasteiger partial charge in [0.25, 0.3) is 5.19 Å². The molecule has 40 heavy (non-hydrogen) atoms. The molecule has 1 unspecified atom stereocenters. The summed E-state index contributed by atoms with van der Waals surface area (Å²) in [5, 5.41) is 17.1. The number of aliphatic hydroxyl groups is 1. The highest BCUT2D eigenvalue weighted by molar-refractivity contribution is 7.18. The zero-order valence-corrected chi connectivity index (χ0v) is 22.4. The van der Waals surface area contributed by atoms with Crippen LogP contribution in [0.1, 0.15) is 16.3 Å². The van der Waals surface area contributed by atoms with E-state index in [-0.39, 0.29) is 17.9 Å². The van der Waals surface area contributed by atoms with Gasteiger partial charge in [-0.15, -0.1) is 16.4 Å². The van der Waals surface area contributed by atoms with Crippen molar-refractivity contribution in [2.45, 2.75) is 18.4 Å². The zero-order chi connectivity index (χ0) is 28.1. The SMILES string of the molecule is COc1cc(OCc2csc(C(O)(c3ccccc3)C(F)(F)F)n2)c2cc(-c3cn4nc(OC)sc4n3)oc2c1. The third kappa shape index (κ3) is 4.43. The average Bonchev–Trinajstić information content (AvgIpc) is 3.73. The second kappa shape index (κ2) is 9.80. The van der Waals surface area contributed by atoms with Crippen LogP contribution in [-0.2, 0) is 12.2 Å². The van der Waals surface area contributed by atoms with Crippen molar-refractivity contribution in [3.63, 3.8) is 0 Å². The van der Waals surface area contributed by atoms with Crippen LogP contribution in [0.2, 0.25) is 0 Å². The van der Waals surface area contributed by atoms with Crippen LogP contribution in [0.25, 0.3) is 27.4 Å². The topological polar surface area (TPSA) is 104 Å². The Bertz CT molecular complexity index is 1780. The van der Waals surface area contributed by atoms with E-state index in [0.717, 1.165) is 0 Å². The molecule has 4 aromatic heterocycles. The molecular formula is C26H19F3N4O5S2. The maximum absolute atomic E-state index is 14.1. The Balaban J connectivity index is 1.30. The van der Waals surface area contributed by atoms with Crippen LogP contribution < -0.4 is 14.2 Å². The first kappa shape index (κ1) is 26.1. The van der Waals surface area contributed by atoms with Gasteiger partial charge in [0.1, 0.15) is 34.4 Å². The molecule has 206 valence electrons. The first-order chi connectivity index (χ1) is 19.2. The Morgan fingerprint density at radius 2 is 1.85 bits per heavy atom. The maximum atomic E-state index is 14.1. The van der Waals surface area contributed by atoms with Gasteiger partial charge in [-0.25, -0.2) is 14.5 Å². The highest BCUT2D eigenvalue weighted by atomic mass is 32.1. The molecule has 4 heterocycles. The van der Waals surface area contributed by atoms with Crippen molar-refractivity contribution in [3.8, 4) is 28.1 Å². The van der Waals surface area contributed by atoms with Crippen molar-refractivity contribution in [2.75, 3.05) is 14.2 Å². The van der Waals surface area contributed by atoms with Crippen molar-refractivity contribution < 1.29 is 36.9 Å². The van der Waals surface area contributed by atoms with Gasteiger partial charge < -0.3 is 23.7 Å². The number of rotatable bonds is 8. The standard InChI is InChI=1S/C26H19F3N4O5S2/c1-35-16-8-19(17-10-21(38-20(17)9-16)18-11-33-23(31-18)40-24(32-33)36-2)37-12-15-13-39-22(30-15)25(34,26(27,28)29)14-6-4-3-5-7-14/h3-11,13,34H,12H2,1-2H3. The number of nitrogens with zero attached hydrogens (tertiary/aromatic N) is 4. The predicted molar refractivity (Wildman–Crippen MR) is 141 cm³/mol. The quantitative estimate of drug-likeness (QED) is 0.229. The minimum Gasteiger partial charge on any atom is -0.496 e. The lowest BCUT2D eigenvalue weighted by atomic mass is 9.94. The first-order valence-electron chi connectivity index (χ1n) is 11.6. The summed E-state index contributed by atoms with van der Waals surface area (Å²) < 4.78 is 66.3. The van der Waals surface area contributed by atoms with E-state index in [9.17, 15) is 18.3 Å². The van der Waals surface area contributed by atoms with Gasteiger partial charge in [-0.05, 0) is 23.0 Å². The Hall–Kier alpha value is -4.14. The van der Waals surface area contributed by atoms with Crippen molar-refractivity contribution >= 4 is 38.6 Å². The molecule has 0 spiro atoms. The molecule has 6 rings (SSSR count). The summed E-state index contributed by atoms with van der Waals surface area (Å²) in [6.07, 6.45) is -3.28. The van der Waals surface area contributed by atoms with Gasteiger partial charge in [-0.2, -0.15) is 13.2 Å². The summed E-state index contributed by atoms with van der Waals surface area (Å²) in [4.78, 5) is 9.24. The first-order valence-corrected chi connectivity index (χ1v) is 13.3. The number of benzene rings is 2. The van der Waals surface area contributed by atoms with Gasteiger partial charge in [0.2, 0.25) is 10.6 Å². The molecule has 0 amide bonds. The molecule has 6 aromatic rings. The van der Waals surface area contributed by atoms with Crippen LogP contribution in [0.4, 0.5) is 13.2 Å². The predicted octanol–water partition coefficient (Wildman–Crippen LogP) is 6.05. The molecule has 0 radical (unpaired) electrons. The van der Waals surface area contributed by atoms with Crippen LogP contribution in [0.5, 0.6) is 16.7 Å². The van der Waals surface area contributed by atoms with Gasteiger partial charge in [0.05, 0.1) is 31.5 Å². The van der Waals surface area contributed by atoms with E-state index in [1.807, 2.05) is 0 Å². The summed E-state index contributed by atoms with van der Waals surface area (Å²) >= 11 is 1.98. The number of furan rings is 1. The molecule has 0 saturated heterocycles. The van der Waals surface area contributed by atoms with Crippen molar-refractivity contribution in [2.24, 2.45) is 0 Å². The number of hydrogen-bond donors (Lipinski definition) is 1. The van der Waals surface area contributed by atoms with Crippen LogP contribution in [0.15, 0.2) is 64.5 Å². The maximum Gasteiger partial charge on any atom is 0.428 e. The normalized spacial score (nSPS) is 13.6. The Kier molecular flexibility index (Phi) is 6.40. The van der Waals surface area contributed by atoms with E-state index in [2.05, 4.69) is 15.1 Å². The fourth-order valence-corrected chi connectivity index (χ4v) is 5.75. The molecule has 0 aliphatic carbocycles. The van der Waals surface area contributed by atoms with E-state index >= 15 is 0 Å². The van der Waals surface area contributed by atoms with E-state index in [0.29, 0.717) is 55.4 Å². The number of halogens is 3. The van der Waals surface area contributed by atoms with Gasteiger partial charge in [-0.1, -0.05) is 30.3 Å². The van der Waals surface area contributed by atoms with Crippen molar-refractivity contribution in [3.05, 3.63) is 76.4 Å². The van der Waals surface area contributed by atoms with Crippen LogP contribution in [0.3, 0.4) is 0 Å². The summed E-state index contributed by atoms with van der Waals surface area (Å²) in [7, 11) is 3.02. The number of fused-ring (bicyclic) bond motifs is 2. The van der Waals surface area contributed by atoms with Gasteiger partial charge in [0.15, 0.2) is 5.76 Å². The zero-order valence-electron chi connectivity index (χ0n) is 20.8. The average molecular weight is 589 g/mol. The Morgan fingerprint density at radius 1 is 1.05 bits per heavy atom. The van der Waals surface area contributed by atoms with E-state index < -0.39 is 16.8 Å². The number of hydrogen-bond acceptors (Lipinski definition) is 10. The number of thiazole rings is 1. The molecule has 2 aromatic carbocycles. The number of aromatic nitrogens is 4. The molecule has 0 fully saturated rings. The summed E-state index contributed by atoms with van der Waals surface area (Å²) in [6.45, 7) is -0.161. The smallest absolute Gasteiger partial charge is 0.428 e. The van der Waals surface area contributed by atoms with Gasteiger partial charge in [0, 0.05) is 17.5 Å². The third-order valence-electron chi connectivity index (χ3n) is 6.10. The van der Waals surface area contributed by atoms with Crippen LogP contribution >= 0.6 is 22.7 Å². The Labute approximate surface area is 232 Å². The highest BCUT2D eigenvalue weighted by Crippen LogP contribution is 2.45. The molecule has 1 N–H and O–H groups in total. The molecule has 0 bridgehead atoms. The number of ether oxygens (including phenoxy) is 3. The third-order valence-corrected chi connectivity index (χ3v) is 7.98. The minimum absolute atomic E-state index is 0.161. The highest BCUT2D eigenvalue weighted by Gasteiger charge is 2.58. The lowest BCUT2D eigenvalue weighted by molar-refractivity contribution is -0.248. The summed E-state index contributed by atoms with van der Waals surface area (Å²) in [5.74, 6) is 1.28. The molecular weight excluding hydrogens is 569 g/mol. The van der Waals surface area contributed by atoms with Crippen molar-refractivity contribution in [1.82, 2.24) is 19.6 Å². The lowest BCUT2D eigenvalue weighted by Crippen LogP contribution is -2.43. The molecule has 0 aliphatic rings. The minimum atomic E-state index is -4.99. The van der Waals surface area contributed by atoms with Crippen LogP contribution in [-0.4, -0.2) is 45.1 Å². The monoisotopic (exact) mass is 588 g/mol. The molecule has 1 atom stereocenters. The van der Waals surface area contributed by atoms with E-state index in [1.54, 1.807) is 35.0 Å². The fourth-order valence-electron chi connectivity index (χ4n) is 4.11. The summed E-state index contributed by atoms with van der Waals surface area (Å²) in [5.41, 5.74) is -2.36. The summed E-state index contributed by atoms with van der Waals surface area (Å²) in [6, 6.07) is 11.9.